The van der Waals surface area contributed by atoms with Crippen molar-refractivity contribution in [1.82, 2.24) is 9.80 Å². The Hall–Kier alpha value is -3.78. The van der Waals surface area contributed by atoms with E-state index in [9.17, 15) is 44.7 Å². The van der Waals surface area contributed by atoms with E-state index in [0.29, 0.717) is 5.56 Å². The molecule has 1 fully saturated rings. The van der Waals surface area contributed by atoms with E-state index in [-0.39, 0.29) is 17.8 Å². The zero-order chi connectivity index (χ0) is 29.3. The SMILES string of the molecule is CC1c2ccc(NC(=O)CN(C)C)c(O)c2C(O)=C2C(=O)[C@]3(O)C(O)=C(C(N)=O)C(=O)[C@@H](N(C)C)C3C(O)C21. The lowest BCUT2D eigenvalue weighted by atomic mass is 9.54. The molecule has 1 aromatic rings. The van der Waals surface area contributed by atoms with Crippen molar-refractivity contribution in [1.29, 1.82) is 0 Å². The van der Waals surface area contributed by atoms with Gasteiger partial charge in [-0.1, -0.05) is 13.0 Å². The van der Waals surface area contributed by atoms with Crippen molar-refractivity contribution in [3.63, 3.8) is 0 Å². The lowest BCUT2D eigenvalue weighted by molar-refractivity contribution is -0.169. The molecule has 1 aromatic carbocycles. The van der Waals surface area contributed by atoms with Gasteiger partial charge in [-0.3, -0.25) is 24.1 Å². The van der Waals surface area contributed by atoms with Gasteiger partial charge in [-0.15, -0.1) is 0 Å². The van der Waals surface area contributed by atoms with Crippen LogP contribution < -0.4 is 11.1 Å². The number of phenolic OH excluding ortho intramolecular Hbond substituents is 1. The van der Waals surface area contributed by atoms with E-state index in [4.69, 9.17) is 5.73 Å². The fraction of sp³-hybridized carbons (Fsp3) is 0.462. The normalized spacial score (nSPS) is 30.3. The second kappa shape index (κ2) is 9.45. The van der Waals surface area contributed by atoms with Crippen molar-refractivity contribution in [2.45, 2.75) is 30.6 Å². The molecule has 4 rings (SSSR count). The minimum Gasteiger partial charge on any atom is -0.508 e. The molecule has 0 heterocycles. The first-order chi connectivity index (χ1) is 18.1. The maximum Gasteiger partial charge on any atom is 0.255 e. The summed E-state index contributed by atoms with van der Waals surface area (Å²) in [6.45, 7) is 1.63. The number of nitrogens with two attached hydrogens (primary N) is 1. The fourth-order valence-electron chi connectivity index (χ4n) is 6.19. The summed E-state index contributed by atoms with van der Waals surface area (Å²) in [5, 5.41) is 59.1. The van der Waals surface area contributed by atoms with Crippen molar-refractivity contribution < 1.29 is 44.7 Å². The molecule has 0 aromatic heterocycles. The van der Waals surface area contributed by atoms with E-state index in [1.54, 1.807) is 25.9 Å². The van der Waals surface area contributed by atoms with Crippen LogP contribution >= 0.6 is 0 Å². The molecule has 3 aliphatic carbocycles. The molecule has 1 saturated carbocycles. The number of nitrogens with one attached hydrogen (secondary N) is 1. The molecule has 0 radical (unpaired) electrons. The number of benzene rings is 1. The molecule has 13 heteroatoms. The third kappa shape index (κ3) is 3.92. The highest BCUT2D eigenvalue weighted by Crippen LogP contribution is 2.56. The number of phenols is 1. The zero-order valence-electron chi connectivity index (χ0n) is 22.1. The number of amides is 2. The Balaban J connectivity index is 1.95. The number of carbonyl (C=O) groups is 4. The van der Waals surface area contributed by atoms with E-state index < -0.39 is 87.3 Å². The number of fused-ring (bicyclic) bond motifs is 3. The molecule has 0 spiro atoms. The molecule has 6 atom stereocenters. The smallest absolute Gasteiger partial charge is 0.255 e. The second-order valence-electron chi connectivity index (χ2n) is 10.8. The Morgan fingerprint density at radius 2 is 1.72 bits per heavy atom. The van der Waals surface area contributed by atoms with E-state index >= 15 is 0 Å². The highest BCUT2D eigenvalue weighted by Gasteiger charge is 2.68. The standard InChI is InChI=1S/C26H32N4O9/c1-9-10-6-7-11(28-12(31)8-29(2)3)19(32)14(10)20(33)15-13(9)21(34)17-18(30(4)5)22(35)16(25(27)38)24(37)26(17,39)23(15)36/h6-7,9,13,17-18,21,32-34,37,39H,8H2,1-5H3,(H2,27,38)(H,28,31)/t9?,13?,17?,18-,21?,26-/m0/s1. The molecule has 8 N–H and O–H groups in total. The predicted molar refractivity (Wildman–Crippen MR) is 138 cm³/mol. The Labute approximate surface area is 223 Å². The number of Topliss-reactive ketones (excluding diaryl/α,β-unsaturated/α-hetero) is 2. The predicted octanol–water partition coefficient (Wildman–Crippen LogP) is -1.00. The minimum absolute atomic E-state index is 0.000736. The second-order valence-corrected chi connectivity index (χ2v) is 10.8. The van der Waals surface area contributed by atoms with Crippen LogP contribution in [0, 0.1) is 11.8 Å². The molecule has 3 aliphatic rings. The van der Waals surface area contributed by atoms with Gasteiger partial charge in [-0.25, -0.2) is 0 Å². The molecular weight excluding hydrogens is 512 g/mol. The molecule has 0 bridgehead atoms. The van der Waals surface area contributed by atoms with Crippen molar-refractivity contribution in [2.75, 3.05) is 40.1 Å². The van der Waals surface area contributed by atoms with Crippen LogP contribution in [0.1, 0.15) is 24.0 Å². The topological polar surface area (TPSA) is 214 Å². The molecule has 0 saturated heterocycles. The van der Waals surface area contributed by atoms with Gasteiger partial charge in [0.15, 0.2) is 11.4 Å². The van der Waals surface area contributed by atoms with Gasteiger partial charge in [0.25, 0.3) is 5.91 Å². The number of rotatable bonds is 5. The van der Waals surface area contributed by atoms with E-state index in [1.165, 1.54) is 31.1 Å². The third-order valence-corrected chi connectivity index (χ3v) is 7.86. The maximum atomic E-state index is 14.0. The van der Waals surface area contributed by atoms with Gasteiger partial charge in [0.1, 0.15) is 22.8 Å². The van der Waals surface area contributed by atoms with E-state index in [0.717, 1.165) is 0 Å². The Morgan fingerprint density at radius 1 is 1.10 bits per heavy atom. The van der Waals surface area contributed by atoms with Gasteiger partial charge < -0.3 is 41.5 Å². The third-order valence-electron chi connectivity index (χ3n) is 7.86. The first-order valence-corrected chi connectivity index (χ1v) is 12.2. The number of aliphatic hydroxyl groups excluding tert-OH is 3. The molecule has 39 heavy (non-hydrogen) atoms. The lowest BCUT2D eigenvalue weighted by Gasteiger charge is -2.53. The number of aliphatic hydroxyl groups is 4. The minimum atomic E-state index is -2.99. The summed E-state index contributed by atoms with van der Waals surface area (Å²) < 4.78 is 0. The van der Waals surface area contributed by atoms with Crippen LogP contribution in [0.5, 0.6) is 5.75 Å². The van der Waals surface area contributed by atoms with Crippen LogP contribution in [0.15, 0.2) is 29.0 Å². The van der Waals surface area contributed by atoms with Crippen LogP contribution in [-0.2, 0) is 19.2 Å². The molecule has 210 valence electrons. The van der Waals surface area contributed by atoms with Crippen molar-refractivity contribution in [3.8, 4) is 5.75 Å². The number of likely N-dealkylation sites (N-methyl/N-ethyl adjacent to an activating group) is 2. The number of primary amides is 1. The van der Waals surface area contributed by atoms with Crippen LogP contribution in [0.4, 0.5) is 5.69 Å². The van der Waals surface area contributed by atoms with Gasteiger partial charge in [0, 0.05) is 11.5 Å². The fourth-order valence-corrected chi connectivity index (χ4v) is 6.19. The number of hydrogen-bond acceptors (Lipinski definition) is 11. The van der Waals surface area contributed by atoms with Gasteiger partial charge in [-0.05, 0) is 45.7 Å². The maximum absolute atomic E-state index is 14.0. The summed E-state index contributed by atoms with van der Waals surface area (Å²) in [4.78, 5) is 54.4. The molecule has 13 nitrogen and oxygen atoms in total. The molecule has 2 amide bonds. The molecule has 4 unspecified atom stereocenters. The van der Waals surface area contributed by atoms with Crippen molar-refractivity contribution >= 4 is 34.8 Å². The van der Waals surface area contributed by atoms with Crippen LogP contribution in [0.2, 0.25) is 0 Å². The van der Waals surface area contributed by atoms with Crippen LogP contribution in [0.25, 0.3) is 5.76 Å². The number of ketones is 2. The Morgan fingerprint density at radius 3 is 2.26 bits per heavy atom. The van der Waals surface area contributed by atoms with Crippen LogP contribution in [0.3, 0.4) is 0 Å². The number of nitrogens with zero attached hydrogens (tertiary/aromatic N) is 2. The number of aromatic hydroxyl groups is 1. The van der Waals surface area contributed by atoms with Crippen molar-refractivity contribution in [2.24, 2.45) is 17.6 Å². The van der Waals surface area contributed by atoms with Gasteiger partial charge in [0.2, 0.25) is 11.7 Å². The Bertz CT molecular complexity index is 1370. The summed E-state index contributed by atoms with van der Waals surface area (Å²) in [5.41, 5.74) is 0.921. The summed E-state index contributed by atoms with van der Waals surface area (Å²) in [5.74, 6) is -10.2. The molecular formula is C26H32N4O9. The van der Waals surface area contributed by atoms with Gasteiger partial charge in [0.05, 0.1) is 35.9 Å². The number of hydrogen-bond donors (Lipinski definition) is 7. The highest BCUT2D eigenvalue weighted by atomic mass is 16.4. The monoisotopic (exact) mass is 544 g/mol. The zero-order valence-corrected chi connectivity index (χ0v) is 22.1. The highest BCUT2D eigenvalue weighted by molar-refractivity contribution is 6.24. The van der Waals surface area contributed by atoms with Crippen molar-refractivity contribution in [3.05, 3.63) is 40.2 Å². The summed E-state index contributed by atoms with van der Waals surface area (Å²) in [6, 6.07) is 1.52. The average molecular weight is 545 g/mol. The summed E-state index contributed by atoms with van der Waals surface area (Å²) >= 11 is 0. The van der Waals surface area contributed by atoms with Gasteiger partial charge in [-0.2, -0.15) is 0 Å². The van der Waals surface area contributed by atoms with E-state index in [2.05, 4.69) is 5.32 Å². The number of anilines is 1. The van der Waals surface area contributed by atoms with Crippen LogP contribution in [-0.4, -0.2) is 111 Å². The largest absolute Gasteiger partial charge is 0.508 e. The lowest BCUT2D eigenvalue weighted by Crippen LogP contribution is -2.70. The number of carbonyl (C=O) groups excluding carboxylic acids is 4. The summed E-state index contributed by atoms with van der Waals surface area (Å²) in [6.07, 6.45) is -1.68. The Kier molecular flexibility index (Phi) is 6.84. The van der Waals surface area contributed by atoms with E-state index in [1.807, 2.05) is 0 Å². The first kappa shape index (κ1) is 28.2. The summed E-state index contributed by atoms with van der Waals surface area (Å²) in [7, 11) is 6.23. The average Bonchev–Trinajstić information content (AvgIpc) is 2.82. The first-order valence-electron chi connectivity index (χ1n) is 12.2. The molecule has 0 aliphatic heterocycles. The quantitative estimate of drug-likeness (QED) is 0.176. The van der Waals surface area contributed by atoms with Gasteiger partial charge >= 0.3 is 0 Å².